The lowest BCUT2D eigenvalue weighted by atomic mass is 9.95. The van der Waals surface area contributed by atoms with Gasteiger partial charge in [0, 0.05) is 36.5 Å². The van der Waals surface area contributed by atoms with E-state index in [2.05, 4.69) is 44.4 Å². The Morgan fingerprint density at radius 1 is 0.906 bits per heavy atom. The van der Waals surface area contributed by atoms with Gasteiger partial charge < -0.3 is 24.8 Å². The normalized spacial score (nSPS) is 19.9. The van der Waals surface area contributed by atoms with Gasteiger partial charge in [-0.25, -0.2) is 4.98 Å². The predicted octanol–water partition coefficient (Wildman–Crippen LogP) is 4.49. The number of fused-ring (bicyclic) bond motifs is 1. The van der Waals surface area contributed by atoms with Crippen molar-refractivity contribution >= 4 is 34.3 Å². The number of imidazole rings is 1. The molecule has 2 aromatic heterocycles. The highest BCUT2D eigenvalue weighted by atomic mass is 16.5. The molecule has 2 saturated carbocycles. The van der Waals surface area contributed by atoms with Gasteiger partial charge in [0.15, 0.2) is 17.0 Å². The van der Waals surface area contributed by atoms with Crippen LogP contribution in [0, 0.1) is 0 Å². The van der Waals surface area contributed by atoms with Crippen LogP contribution in [-0.4, -0.2) is 51.9 Å². The number of rotatable bonds is 6. The predicted molar refractivity (Wildman–Crippen MR) is 127 cm³/mol. The molecule has 0 unspecified atom stereocenters. The van der Waals surface area contributed by atoms with E-state index in [0.717, 1.165) is 49.0 Å². The fourth-order valence-corrected chi connectivity index (χ4v) is 4.83. The molecule has 0 spiro atoms. The minimum absolute atomic E-state index is 0.484. The summed E-state index contributed by atoms with van der Waals surface area (Å²) in [7, 11) is 0. The Balaban J connectivity index is 1.29. The SMILES string of the molecule is c1cc(N2CCOCC2)ccc1Nc1nc(NC2CC2)c2ncn(C3CCCCC3)c2n1. The van der Waals surface area contributed by atoms with Gasteiger partial charge in [-0.05, 0) is 49.9 Å². The monoisotopic (exact) mass is 433 g/mol. The Morgan fingerprint density at radius 2 is 1.69 bits per heavy atom. The number of anilines is 4. The molecule has 3 aliphatic rings. The van der Waals surface area contributed by atoms with Crippen LogP contribution < -0.4 is 15.5 Å². The summed E-state index contributed by atoms with van der Waals surface area (Å²) >= 11 is 0. The Morgan fingerprint density at radius 3 is 2.44 bits per heavy atom. The van der Waals surface area contributed by atoms with E-state index in [0.29, 0.717) is 18.0 Å². The second kappa shape index (κ2) is 8.58. The third kappa shape index (κ3) is 4.11. The Hall–Kier alpha value is -2.87. The number of morpholine rings is 1. The van der Waals surface area contributed by atoms with E-state index >= 15 is 0 Å². The average Bonchev–Trinajstić information content (AvgIpc) is 3.56. The van der Waals surface area contributed by atoms with Crippen LogP contribution in [0.2, 0.25) is 0 Å². The highest BCUT2D eigenvalue weighted by molar-refractivity contribution is 5.85. The van der Waals surface area contributed by atoms with Gasteiger partial charge in [-0.1, -0.05) is 19.3 Å². The quantitative estimate of drug-likeness (QED) is 0.593. The molecule has 1 saturated heterocycles. The average molecular weight is 434 g/mol. The first-order valence-corrected chi connectivity index (χ1v) is 12.0. The topological polar surface area (TPSA) is 80.1 Å². The minimum atomic E-state index is 0.484. The zero-order valence-electron chi connectivity index (χ0n) is 18.5. The molecular formula is C24H31N7O. The number of aromatic nitrogens is 4. The summed E-state index contributed by atoms with van der Waals surface area (Å²) in [4.78, 5) is 16.8. The third-order valence-corrected chi connectivity index (χ3v) is 6.81. The van der Waals surface area contributed by atoms with Crippen LogP contribution in [0.3, 0.4) is 0 Å². The van der Waals surface area contributed by atoms with Crippen molar-refractivity contribution in [2.45, 2.75) is 57.0 Å². The van der Waals surface area contributed by atoms with Crippen molar-refractivity contribution < 1.29 is 4.74 Å². The molecule has 168 valence electrons. The first kappa shape index (κ1) is 19.8. The van der Waals surface area contributed by atoms with E-state index in [1.165, 1.54) is 50.6 Å². The van der Waals surface area contributed by atoms with Gasteiger partial charge >= 0.3 is 0 Å². The Labute approximate surface area is 188 Å². The highest BCUT2D eigenvalue weighted by Gasteiger charge is 2.25. The summed E-state index contributed by atoms with van der Waals surface area (Å²) in [5.74, 6) is 1.47. The lowest BCUT2D eigenvalue weighted by Gasteiger charge is -2.28. The van der Waals surface area contributed by atoms with Gasteiger partial charge in [-0.15, -0.1) is 0 Å². The molecule has 6 rings (SSSR count). The Bertz CT molecular complexity index is 1060. The van der Waals surface area contributed by atoms with Crippen LogP contribution >= 0.6 is 0 Å². The zero-order chi connectivity index (χ0) is 21.3. The fraction of sp³-hybridized carbons (Fsp3) is 0.542. The molecule has 8 nitrogen and oxygen atoms in total. The van der Waals surface area contributed by atoms with Gasteiger partial charge in [0.05, 0.1) is 19.5 Å². The molecular weight excluding hydrogens is 402 g/mol. The van der Waals surface area contributed by atoms with Gasteiger partial charge in [0.2, 0.25) is 5.95 Å². The van der Waals surface area contributed by atoms with Crippen LogP contribution in [-0.2, 0) is 4.74 Å². The number of nitrogens with one attached hydrogen (secondary N) is 2. The molecule has 1 aromatic carbocycles. The van der Waals surface area contributed by atoms with E-state index in [1.54, 1.807) is 0 Å². The van der Waals surface area contributed by atoms with Gasteiger partial charge in [0.25, 0.3) is 0 Å². The van der Waals surface area contributed by atoms with Crippen molar-refractivity contribution in [3.63, 3.8) is 0 Å². The molecule has 3 fully saturated rings. The molecule has 0 radical (unpaired) electrons. The molecule has 3 heterocycles. The molecule has 0 amide bonds. The van der Waals surface area contributed by atoms with E-state index in [4.69, 9.17) is 19.7 Å². The molecule has 8 heteroatoms. The zero-order valence-corrected chi connectivity index (χ0v) is 18.5. The highest BCUT2D eigenvalue weighted by Crippen LogP contribution is 2.34. The van der Waals surface area contributed by atoms with Gasteiger partial charge in [0.1, 0.15) is 0 Å². The Kier molecular flexibility index (Phi) is 5.30. The van der Waals surface area contributed by atoms with Crippen molar-refractivity contribution in [2.24, 2.45) is 0 Å². The number of ether oxygens (including phenoxy) is 1. The van der Waals surface area contributed by atoms with Crippen LogP contribution in [0.25, 0.3) is 11.2 Å². The standard InChI is InChI=1S/C24H31N7O/c1-2-4-20(5-3-1)31-16-25-21-22(26-17-6-7-17)28-24(29-23(21)31)27-18-8-10-19(11-9-18)30-12-14-32-15-13-30/h8-11,16-17,20H,1-7,12-15H2,(H2,26,27,28,29). The second-order valence-corrected chi connectivity index (χ2v) is 9.20. The summed E-state index contributed by atoms with van der Waals surface area (Å²) in [6.45, 7) is 3.46. The third-order valence-electron chi connectivity index (χ3n) is 6.81. The van der Waals surface area contributed by atoms with Crippen LogP contribution in [0.15, 0.2) is 30.6 Å². The summed E-state index contributed by atoms with van der Waals surface area (Å²) in [6, 6.07) is 9.51. The van der Waals surface area contributed by atoms with Crippen LogP contribution in [0.1, 0.15) is 51.0 Å². The van der Waals surface area contributed by atoms with Crippen molar-refractivity contribution in [2.75, 3.05) is 41.8 Å². The van der Waals surface area contributed by atoms with Crippen molar-refractivity contribution in [3.05, 3.63) is 30.6 Å². The van der Waals surface area contributed by atoms with Crippen LogP contribution in [0.5, 0.6) is 0 Å². The van der Waals surface area contributed by atoms with Gasteiger partial charge in [-0.3, -0.25) is 0 Å². The molecule has 32 heavy (non-hydrogen) atoms. The summed E-state index contributed by atoms with van der Waals surface area (Å²) in [6.07, 6.45) is 10.7. The van der Waals surface area contributed by atoms with E-state index in [-0.39, 0.29) is 0 Å². The van der Waals surface area contributed by atoms with E-state index in [1.807, 2.05) is 6.33 Å². The molecule has 1 aliphatic heterocycles. The molecule has 0 bridgehead atoms. The summed E-state index contributed by atoms with van der Waals surface area (Å²) in [5.41, 5.74) is 4.03. The molecule has 2 N–H and O–H groups in total. The fourth-order valence-electron chi connectivity index (χ4n) is 4.83. The van der Waals surface area contributed by atoms with E-state index < -0.39 is 0 Å². The van der Waals surface area contributed by atoms with Gasteiger partial charge in [-0.2, -0.15) is 9.97 Å². The summed E-state index contributed by atoms with van der Waals surface area (Å²) in [5, 5.41) is 7.00. The number of nitrogens with zero attached hydrogens (tertiary/aromatic N) is 5. The van der Waals surface area contributed by atoms with Crippen molar-refractivity contribution in [1.82, 2.24) is 19.5 Å². The molecule has 0 atom stereocenters. The largest absolute Gasteiger partial charge is 0.378 e. The maximum Gasteiger partial charge on any atom is 0.231 e. The smallest absolute Gasteiger partial charge is 0.231 e. The first-order valence-electron chi connectivity index (χ1n) is 12.0. The minimum Gasteiger partial charge on any atom is -0.378 e. The lowest BCUT2D eigenvalue weighted by molar-refractivity contribution is 0.122. The second-order valence-electron chi connectivity index (χ2n) is 9.20. The number of hydrogen-bond acceptors (Lipinski definition) is 7. The first-order chi connectivity index (χ1) is 15.8. The molecule has 2 aliphatic carbocycles. The maximum atomic E-state index is 5.47. The number of hydrogen-bond donors (Lipinski definition) is 2. The van der Waals surface area contributed by atoms with Crippen LogP contribution in [0.4, 0.5) is 23.1 Å². The van der Waals surface area contributed by atoms with E-state index in [9.17, 15) is 0 Å². The molecule has 3 aromatic rings. The number of benzene rings is 1. The summed E-state index contributed by atoms with van der Waals surface area (Å²) < 4.78 is 7.74. The maximum absolute atomic E-state index is 5.47. The van der Waals surface area contributed by atoms with Crippen molar-refractivity contribution in [1.29, 1.82) is 0 Å². The van der Waals surface area contributed by atoms with Crippen molar-refractivity contribution in [3.8, 4) is 0 Å². The lowest BCUT2D eigenvalue weighted by Crippen LogP contribution is -2.36.